The summed E-state index contributed by atoms with van der Waals surface area (Å²) in [4.78, 5) is 11.0. The van der Waals surface area contributed by atoms with E-state index in [2.05, 4.69) is 10.6 Å². The van der Waals surface area contributed by atoms with Gasteiger partial charge in [-0.3, -0.25) is 4.79 Å². The Morgan fingerprint density at radius 1 is 1.32 bits per heavy atom. The monoisotopic (exact) mass is 270 g/mol. The van der Waals surface area contributed by atoms with Gasteiger partial charge in [0.05, 0.1) is 11.7 Å². The van der Waals surface area contributed by atoms with Crippen LogP contribution in [0.2, 0.25) is 0 Å². The predicted molar refractivity (Wildman–Crippen MR) is 71.6 cm³/mol. The Balaban J connectivity index is 2.84. The standard InChI is InChI=1S/C13H19FN2O3/c1-8(13(18-3)19-4)15-12-7-10(16-9(2)17)5-6-11(12)14/h5-8,13,15H,1-4H3,(H,16,17). The maximum atomic E-state index is 13.7. The summed E-state index contributed by atoms with van der Waals surface area (Å²) < 4.78 is 23.9. The number of ether oxygens (including phenoxy) is 2. The van der Waals surface area contributed by atoms with Gasteiger partial charge in [0.25, 0.3) is 0 Å². The Hall–Kier alpha value is -1.66. The molecule has 1 aromatic rings. The number of anilines is 2. The molecule has 0 saturated heterocycles. The molecule has 0 aromatic heterocycles. The highest BCUT2D eigenvalue weighted by atomic mass is 19.1. The largest absolute Gasteiger partial charge is 0.375 e. The highest BCUT2D eigenvalue weighted by molar-refractivity contribution is 5.89. The van der Waals surface area contributed by atoms with Crippen molar-refractivity contribution in [2.24, 2.45) is 0 Å². The van der Waals surface area contributed by atoms with E-state index in [1.54, 1.807) is 0 Å². The summed E-state index contributed by atoms with van der Waals surface area (Å²) in [5.41, 5.74) is 0.799. The quantitative estimate of drug-likeness (QED) is 0.778. The Bertz CT molecular complexity index is 436. The minimum atomic E-state index is -0.496. The molecule has 0 spiro atoms. The normalized spacial score (nSPS) is 12.3. The van der Waals surface area contributed by atoms with E-state index in [0.717, 1.165) is 0 Å². The number of methoxy groups -OCH3 is 2. The van der Waals surface area contributed by atoms with E-state index in [1.807, 2.05) is 6.92 Å². The van der Waals surface area contributed by atoms with Crippen molar-refractivity contribution >= 4 is 17.3 Å². The molecule has 0 heterocycles. The average Bonchev–Trinajstić information content (AvgIpc) is 2.34. The van der Waals surface area contributed by atoms with Crippen LogP contribution in [0.15, 0.2) is 18.2 Å². The summed E-state index contributed by atoms with van der Waals surface area (Å²) in [6.45, 7) is 3.20. The molecule has 2 N–H and O–H groups in total. The molecule has 1 rings (SSSR count). The topological polar surface area (TPSA) is 59.6 Å². The zero-order chi connectivity index (χ0) is 14.4. The number of hydrogen-bond donors (Lipinski definition) is 2. The van der Waals surface area contributed by atoms with Gasteiger partial charge in [-0.15, -0.1) is 0 Å². The smallest absolute Gasteiger partial charge is 0.221 e. The van der Waals surface area contributed by atoms with Crippen molar-refractivity contribution in [2.45, 2.75) is 26.2 Å². The summed E-state index contributed by atoms with van der Waals surface area (Å²) in [6, 6.07) is 4.05. The fourth-order valence-corrected chi connectivity index (χ4v) is 1.73. The van der Waals surface area contributed by atoms with Gasteiger partial charge in [0.15, 0.2) is 6.29 Å². The van der Waals surface area contributed by atoms with Crippen LogP contribution in [0.1, 0.15) is 13.8 Å². The number of halogens is 1. The lowest BCUT2D eigenvalue weighted by atomic mass is 10.2. The second kappa shape index (κ2) is 7.06. The first-order chi connectivity index (χ1) is 8.97. The number of benzene rings is 1. The van der Waals surface area contributed by atoms with Gasteiger partial charge in [-0.05, 0) is 25.1 Å². The van der Waals surface area contributed by atoms with Crippen LogP contribution in [-0.2, 0) is 14.3 Å². The van der Waals surface area contributed by atoms with E-state index in [1.165, 1.54) is 39.3 Å². The van der Waals surface area contributed by atoms with E-state index >= 15 is 0 Å². The van der Waals surface area contributed by atoms with Crippen molar-refractivity contribution in [3.63, 3.8) is 0 Å². The highest BCUT2D eigenvalue weighted by Crippen LogP contribution is 2.21. The highest BCUT2D eigenvalue weighted by Gasteiger charge is 2.17. The number of hydrogen-bond acceptors (Lipinski definition) is 4. The molecule has 106 valence electrons. The summed E-state index contributed by atoms with van der Waals surface area (Å²) >= 11 is 0. The number of amides is 1. The van der Waals surface area contributed by atoms with Crippen LogP contribution >= 0.6 is 0 Å². The van der Waals surface area contributed by atoms with Gasteiger partial charge in [-0.2, -0.15) is 0 Å². The molecule has 19 heavy (non-hydrogen) atoms. The zero-order valence-corrected chi connectivity index (χ0v) is 11.5. The molecule has 1 atom stereocenters. The van der Waals surface area contributed by atoms with Crippen molar-refractivity contribution in [2.75, 3.05) is 24.9 Å². The average molecular weight is 270 g/mol. The van der Waals surface area contributed by atoms with Crippen LogP contribution < -0.4 is 10.6 Å². The molecule has 6 heteroatoms. The van der Waals surface area contributed by atoms with E-state index in [-0.39, 0.29) is 17.6 Å². The Labute approximate surface area is 112 Å². The first-order valence-corrected chi connectivity index (χ1v) is 5.87. The van der Waals surface area contributed by atoms with Gasteiger partial charge in [-0.1, -0.05) is 0 Å². The van der Waals surface area contributed by atoms with Crippen LogP contribution in [0.5, 0.6) is 0 Å². The van der Waals surface area contributed by atoms with Crippen molar-refractivity contribution < 1.29 is 18.7 Å². The van der Waals surface area contributed by atoms with Crippen LogP contribution in [0.25, 0.3) is 0 Å². The minimum absolute atomic E-state index is 0.211. The Morgan fingerprint density at radius 3 is 2.47 bits per heavy atom. The fourth-order valence-electron chi connectivity index (χ4n) is 1.73. The molecule has 1 aromatic carbocycles. The fraction of sp³-hybridized carbons (Fsp3) is 0.462. The lowest BCUT2D eigenvalue weighted by molar-refractivity contribution is -0.114. The number of nitrogens with one attached hydrogen (secondary N) is 2. The summed E-state index contributed by atoms with van der Waals surface area (Å²) in [7, 11) is 3.02. The van der Waals surface area contributed by atoms with E-state index in [0.29, 0.717) is 5.69 Å². The second-order valence-electron chi connectivity index (χ2n) is 4.15. The van der Waals surface area contributed by atoms with Gasteiger partial charge < -0.3 is 20.1 Å². The minimum Gasteiger partial charge on any atom is -0.375 e. The molecule has 0 saturated carbocycles. The van der Waals surface area contributed by atoms with Gasteiger partial charge in [0.2, 0.25) is 5.91 Å². The lowest BCUT2D eigenvalue weighted by Crippen LogP contribution is -2.34. The SMILES string of the molecule is COC(OC)C(C)Nc1cc(NC(C)=O)ccc1F. The van der Waals surface area contributed by atoms with Crippen molar-refractivity contribution in [3.05, 3.63) is 24.0 Å². The third-order valence-corrected chi connectivity index (χ3v) is 2.54. The first-order valence-electron chi connectivity index (χ1n) is 5.87. The maximum absolute atomic E-state index is 13.7. The van der Waals surface area contributed by atoms with Crippen molar-refractivity contribution in [1.82, 2.24) is 0 Å². The Morgan fingerprint density at radius 2 is 1.95 bits per heavy atom. The molecular formula is C13H19FN2O3. The molecule has 0 fully saturated rings. The summed E-state index contributed by atoms with van der Waals surface area (Å²) in [5, 5.41) is 5.54. The zero-order valence-electron chi connectivity index (χ0n) is 11.5. The molecule has 0 bridgehead atoms. The van der Waals surface area contributed by atoms with Gasteiger partial charge in [0.1, 0.15) is 5.82 Å². The third kappa shape index (κ3) is 4.50. The van der Waals surface area contributed by atoms with Crippen LogP contribution in [-0.4, -0.2) is 32.5 Å². The van der Waals surface area contributed by atoms with Gasteiger partial charge in [-0.25, -0.2) is 4.39 Å². The van der Waals surface area contributed by atoms with Gasteiger partial charge in [0, 0.05) is 26.8 Å². The first kappa shape index (κ1) is 15.4. The lowest BCUT2D eigenvalue weighted by Gasteiger charge is -2.23. The number of rotatable bonds is 6. The predicted octanol–water partition coefficient (Wildman–Crippen LogP) is 2.20. The molecule has 1 amide bonds. The summed E-state index contributed by atoms with van der Waals surface area (Å²) in [6.07, 6.45) is -0.496. The number of carbonyl (C=O) groups excluding carboxylic acids is 1. The van der Waals surface area contributed by atoms with Crippen molar-refractivity contribution in [1.29, 1.82) is 0 Å². The van der Waals surface area contributed by atoms with E-state index in [4.69, 9.17) is 9.47 Å². The second-order valence-corrected chi connectivity index (χ2v) is 4.15. The molecule has 5 nitrogen and oxygen atoms in total. The van der Waals surface area contributed by atoms with Gasteiger partial charge >= 0.3 is 0 Å². The van der Waals surface area contributed by atoms with E-state index < -0.39 is 12.1 Å². The molecule has 0 radical (unpaired) electrons. The third-order valence-electron chi connectivity index (χ3n) is 2.54. The number of carbonyl (C=O) groups is 1. The van der Waals surface area contributed by atoms with Crippen LogP contribution in [0.3, 0.4) is 0 Å². The maximum Gasteiger partial charge on any atom is 0.221 e. The van der Waals surface area contributed by atoms with Crippen LogP contribution in [0.4, 0.5) is 15.8 Å². The van der Waals surface area contributed by atoms with Crippen molar-refractivity contribution in [3.8, 4) is 0 Å². The van der Waals surface area contributed by atoms with Crippen LogP contribution in [0, 0.1) is 5.82 Å². The Kier molecular flexibility index (Phi) is 5.72. The molecule has 1 unspecified atom stereocenters. The van der Waals surface area contributed by atoms with E-state index in [9.17, 15) is 9.18 Å². The molecule has 0 aliphatic carbocycles. The molecular weight excluding hydrogens is 251 g/mol. The summed E-state index contributed by atoms with van der Waals surface area (Å²) in [5.74, 6) is -0.621. The molecule has 0 aliphatic rings. The molecule has 0 aliphatic heterocycles.